The number of amides is 1. The first-order chi connectivity index (χ1) is 17.6. The fourth-order valence-electron chi connectivity index (χ4n) is 4.17. The largest absolute Gasteiger partial charge is 0.422 e. The fourth-order valence-corrected chi connectivity index (χ4v) is 4.17. The van der Waals surface area contributed by atoms with Gasteiger partial charge in [-0.05, 0) is 52.2 Å². The Morgan fingerprint density at radius 3 is 2.22 bits per heavy atom. The number of hydrogen-bond acceptors (Lipinski definition) is 4. The second kappa shape index (κ2) is 10.2. The summed E-state index contributed by atoms with van der Waals surface area (Å²) in [5.41, 5.74) is 5.67. The van der Waals surface area contributed by atoms with Crippen LogP contribution in [0.25, 0.3) is 21.5 Å². The number of hydrogen-bond donors (Lipinski definition) is 1. The number of benzene rings is 5. The highest BCUT2D eigenvalue weighted by molar-refractivity contribution is 6.04. The van der Waals surface area contributed by atoms with Crippen molar-refractivity contribution in [3.8, 4) is 5.75 Å². The zero-order valence-electron chi connectivity index (χ0n) is 19.8. The minimum atomic E-state index is -0.458. The minimum Gasteiger partial charge on any atom is -0.422 e. The monoisotopic (exact) mass is 472 g/mol. The van der Waals surface area contributed by atoms with Gasteiger partial charge in [-0.1, -0.05) is 90.5 Å². The lowest BCUT2D eigenvalue weighted by atomic mass is 10.0. The quantitative estimate of drug-likeness (QED) is 0.138. The maximum absolute atomic E-state index is 12.8. The molecule has 0 spiro atoms. The molecule has 0 radical (unpaired) electrons. The van der Waals surface area contributed by atoms with E-state index in [1.165, 1.54) is 6.21 Å². The Kier molecular flexibility index (Phi) is 6.54. The molecule has 0 unspecified atom stereocenters. The summed E-state index contributed by atoms with van der Waals surface area (Å²) in [5.74, 6) is -0.327. The maximum Gasteiger partial charge on any atom is 0.343 e. The number of nitrogens with zero attached hydrogens (tertiary/aromatic N) is 1. The van der Waals surface area contributed by atoms with E-state index in [2.05, 4.69) is 10.5 Å². The zero-order valence-corrected chi connectivity index (χ0v) is 19.8. The molecule has 5 heteroatoms. The van der Waals surface area contributed by atoms with Gasteiger partial charge in [0.25, 0.3) is 0 Å². The Morgan fingerprint density at radius 2 is 1.44 bits per heavy atom. The molecule has 36 heavy (non-hydrogen) atoms. The summed E-state index contributed by atoms with van der Waals surface area (Å²) < 4.78 is 5.74. The molecule has 0 atom stereocenters. The van der Waals surface area contributed by atoms with Crippen LogP contribution in [0.2, 0.25) is 0 Å². The third-order valence-electron chi connectivity index (χ3n) is 6.03. The first-order valence-electron chi connectivity index (χ1n) is 11.7. The van der Waals surface area contributed by atoms with Crippen LogP contribution in [0, 0.1) is 6.92 Å². The maximum atomic E-state index is 12.8. The molecule has 1 amide bonds. The lowest BCUT2D eigenvalue weighted by molar-refractivity contribution is -0.120. The van der Waals surface area contributed by atoms with Gasteiger partial charge in [-0.15, -0.1) is 0 Å². The topological polar surface area (TPSA) is 67.8 Å². The molecule has 0 aliphatic rings. The molecule has 5 nitrogen and oxygen atoms in total. The average Bonchev–Trinajstić information content (AvgIpc) is 2.90. The average molecular weight is 473 g/mol. The van der Waals surface area contributed by atoms with Crippen molar-refractivity contribution >= 4 is 39.6 Å². The van der Waals surface area contributed by atoms with Crippen LogP contribution in [0.3, 0.4) is 0 Å². The Bertz CT molecular complexity index is 1600. The highest BCUT2D eigenvalue weighted by atomic mass is 16.5. The number of esters is 1. The molecule has 1 N–H and O–H groups in total. The van der Waals surface area contributed by atoms with Crippen molar-refractivity contribution < 1.29 is 14.3 Å². The van der Waals surface area contributed by atoms with Crippen LogP contribution in [0.5, 0.6) is 5.75 Å². The number of aryl methyl sites for hydroxylation is 1. The van der Waals surface area contributed by atoms with Crippen molar-refractivity contribution in [3.05, 3.63) is 125 Å². The number of ether oxygens (including phenoxy) is 1. The van der Waals surface area contributed by atoms with Crippen LogP contribution >= 0.6 is 0 Å². The molecule has 5 aromatic carbocycles. The van der Waals surface area contributed by atoms with E-state index in [1.54, 1.807) is 18.2 Å². The van der Waals surface area contributed by atoms with Crippen LogP contribution < -0.4 is 10.2 Å². The van der Waals surface area contributed by atoms with Gasteiger partial charge >= 0.3 is 5.97 Å². The van der Waals surface area contributed by atoms with Gasteiger partial charge in [-0.2, -0.15) is 5.10 Å². The van der Waals surface area contributed by atoms with Crippen molar-refractivity contribution in [2.75, 3.05) is 0 Å². The molecule has 0 aliphatic carbocycles. The first-order valence-corrected chi connectivity index (χ1v) is 11.7. The Balaban J connectivity index is 1.38. The Hall–Kier alpha value is -4.77. The van der Waals surface area contributed by atoms with Gasteiger partial charge in [-0.3, -0.25) is 4.79 Å². The molecule has 5 aromatic rings. The highest BCUT2D eigenvalue weighted by Crippen LogP contribution is 2.27. The summed E-state index contributed by atoms with van der Waals surface area (Å²) in [7, 11) is 0. The Morgan fingerprint density at radius 1 is 0.778 bits per heavy atom. The summed E-state index contributed by atoms with van der Waals surface area (Å²) >= 11 is 0. The fraction of sp³-hybridized carbons (Fsp3) is 0.0645. The number of rotatable bonds is 6. The van der Waals surface area contributed by atoms with Crippen LogP contribution in [0.4, 0.5) is 0 Å². The van der Waals surface area contributed by atoms with Crippen molar-refractivity contribution in [2.24, 2.45) is 5.10 Å². The molecule has 0 saturated carbocycles. The molecule has 0 fully saturated rings. The summed E-state index contributed by atoms with van der Waals surface area (Å²) in [5, 5.41) is 8.16. The van der Waals surface area contributed by atoms with E-state index in [4.69, 9.17) is 4.74 Å². The Labute approximate surface area is 209 Å². The summed E-state index contributed by atoms with van der Waals surface area (Å²) in [4.78, 5) is 25.4. The van der Waals surface area contributed by atoms with E-state index >= 15 is 0 Å². The number of nitrogens with one attached hydrogen (secondary N) is 1. The predicted octanol–water partition coefficient (Wildman–Crippen LogP) is 6.21. The van der Waals surface area contributed by atoms with Gasteiger partial charge in [0.2, 0.25) is 5.91 Å². The zero-order chi connectivity index (χ0) is 24.9. The number of carbonyl (C=O) groups excluding carboxylic acids is 2. The van der Waals surface area contributed by atoms with Crippen molar-refractivity contribution in [2.45, 2.75) is 13.3 Å². The highest BCUT2D eigenvalue weighted by Gasteiger charge is 2.14. The number of carbonyl (C=O) groups is 2. The van der Waals surface area contributed by atoms with E-state index in [9.17, 15) is 9.59 Å². The normalized spacial score (nSPS) is 11.1. The predicted molar refractivity (Wildman–Crippen MR) is 143 cm³/mol. The van der Waals surface area contributed by atoms with Crippen LogP contribution in [-0.4, -0.2) is 18.1 Å². The first kappa shape index (κ1) is 23.0. The van der Waals surface area contributed by atoms with Crippen LogP contribution in [0.15, 0.2) is 108 Å². The summed E-state index contributed by atoms with van der Waals surface area (Å²) in [6.45, 7) is 1.96. The third kappa shape index (κ3) is 5.00. The molecular formula is C31H24N2O3. The molecule has 5 rings (SSSR count). The van der Waals surface area contributed by atoms with Crippen LogP contribution in [-0.2, 0) is 11.2 Å². The molecule has 0 aliphatic heterocycles. The molecule has 176 valence electrons. The minimum absolute atomic E-state index is 0.198. The van der Waals surface area contributed by atoms with Gasteiger partial charge in [-0.25, -0.2) is 10.2 Å². The molecule has 0 aromatic heterocycles. The smallest absolute Gasteiger partial charge is 0.343 e. The summed E-state index contributed by atoms with van der Waals surface area (Å²) in [6, 6.07) is 32.5. The van der Waals surface area contributed by atoms with Gasteiger partial charge in [0.05, 0.1) is 18.2 Å². The molecular weight excluding hydrogens is 448 g/mol. The number of hydrazone groups is 1. The van der Waals surface area contributed by atoms with Crippen molar-refractivity contribution in [1.29, 1.82) is 0 Å². The van der Waals surface area contributed by atoms with Gasteiger partial charge < -0.3 is 4.74 Å². The van der Waals surface area contributed by atoms with Gasteiger partial charge in [0.1, 0.15) is 5.75 Å². The SMILES string of the molecule is Cc1ccc(C(=O)Oc2ccc3ccccc3c2/C=N\NC(=O)Cc2cccc3ccccc23)cc1. The van der Waals surface area contributed by atoms with E-state index in [1.807, 2.05) is 91.9 Å². The third-order valence-corrected chi connectivity index (χ3v) is 6.03. The van der Waals surface area contributed by atoms with Crippen molar-refractivity contribution in [1.82, 2.24) is 5.43 Å². The van der Waals surface area contributed by atoms with Crippen LogP contribution in [0.1, 0.15) is 27.0 Å². The molecule has 0 heterocycles. The van der Waals surface area contributed by atoms with E-state index in [0.717, 1.165) is 32.7 Å². The van der Waals surface area contributed by atoms with E-state index in [-0.39, 0.29) is 12.3 Å². The second-order valence-electron chi connectivity index (χ2n) is 8.56. The standard InChI is InChI=1S/C31H24N2O3/c1-21-13-15-24(16-14-21)31(35)36-29-18-17-23-8-3-5-12-27(23)28(29)20-32-33-30(34)19-25-10-6-9-22-7-2-4-11-26(22)25/h2-18,20H,19H2,1H3,(H,33,34)/b32-20-. The molecule has 0 saturated heterocycles. The summed E-state index contributed by atoms with van der Waals surface area (Å²) in [6.07, 6.45) is 1.73. The number of fused-ring (bicyclic) bond motifs is 2. The molecule has 0 bridgehead atoms. The van der Waals surface area contributed by atoms with E-state index in [0.29, 0.717) is 16.9 Å². The van der Waals surface area contributed by atoms with Crippen molar-refractivity contribution in [3.63, 3.8) is 0 Å². The van der Waals surface area contributed by atoms with Gasteiger partial charge in [0.15, 0.2) is 0 Å². The lowest BCUT2D eigenvalue weighted by Crippen LogP contribution is -2.20. The van der Waals surface area contributed by atoms with Gasteiger partial charge in [0, 0.05) is 5.56 Å². The lowest BCUT2D eigenvalue weighted by Gasteiger charge is -2.11. The van der Waals surface area contributed by atoms with E-state index < -0.39 is 5.97 Å². The second-order valence-corrected chi connectivity index (χ2v) is 8.56.